The fourth-order valence-corrected chi connectivity index (χ4v) is 5.66. The molecule has 0 aliphatic carbocycles. The molecule has 1 fully saturated rings. The lowest BCUT2D eigenvalue weighted by Crippen LogP contribution is -2.42. The number of benzene rings is 3. The summed E-state index contributed by atoms with van der Waals surface area (Å²) in [5.74, 6) is 0.480. The molecule has 0 atom stereocenters. The Labute approximate surface area is 200 Å². The number of carbonyl (C=O) groups is 1. The van der Waals surface area contributed by atoms with Crippen LogP contribution >= 0.6 is 0 Å². The van der Waals surface area contributed by atoms with Crippen LogP contribution in [0.1, 0.15) is 18.4 Å². The molecular weight excluding hydrogens is 452 g/mol. The van der Waals surface area contributed by atoms with Gasteiger partial charge in [-0.2, -0.15) is 4.31 Å². The van der Waals surface area contributed by atoms with Gasteiger partial charge in [-0.15, -0.1) is 0 Å². The van der Waals surface area contributed by atoms with Crippen LogP contribution in [0.5, 0.6) is 5.75 Å². The Kier molecular flexibility index (Phi) is 7.82. The topological polar surface area (TPSA) is 84.9 Å². The number of methoxy groups -OCH3 is 1. The molecule has 34 heavy (non-hydrogen) atoms. The summed E-state index contributed by atoms with van der Waals surface area (Å²) in [5.41, 5.74) is 0.944. The van der Waals surface area contributed by atoms with Crippen molar-refractivity contribution in [2.75, 3.05) is 33.4 Å². The standard InChI is InChI=1S/C26H30N2O5S/c1-32-15-16-33-24-8-4-5-20(17-24)19-27-26(29)22-11-13-28(14-12-22)34(30,31)25-10-9-21-6-2-3-7-23(21)18-25/h2-10,17-18,22H,11-16,19H2,1H3,(H,27,29). The molecule has 0 spiro atoms. The number of amides is 1. The number of ether oxygens (including phenoxy) is 2. The Morgan fingerprint density at radius 2 is 1.74 bits per heavy atom. The molecule has 180 valence electrons. The fourth-order valence-electron chi connectivity index (χ4n) is 4.16. The lowest BCUT2D eigenvalue weighted by molar-refractivity contribution is -0.126. The molecule has 1 saturated heterocycles. The van der Waals surface area contributed by atoms with Crippen molar-refractivity contribution in [2.45, 2.75) is 24.3 Å². The van der Waals surface area contributed by atoms with Crippen LogP contribution in [0.4, 0.5) is 0 Å². The van der Waals surface area contributed by atoms with Crippen molar-refractivity contribution in [3.05, 3.63) is 72.3 Å². The number of hydrogen-bond acceptors (Lipinski definition) is 5. The van der Waals surface area contributed by atoms with Crippen molar-refractivity contribution in [3.8, 4) is 5.75 Å². The van der Waals surface area contributed by atoms with E-state index in [1.54, 1.807) is 19.2 Å². The smallest absolute Gasteiger partial charge is 0.243 e. The summed E-state index contributed by atoms with van der Waals surface area (Å²) in [6, 6.07) is 20.5. The van der Waals surface area contributed by atoms with E-state index < -0.39 is 10.0 Å². The van der Waals surface area contributed by atoms with E-state index in [1.165, 1.54) is 4.31 Å². The van der Waals surface area contributed by atoms with Gasteiger partial charge in [-0.1, -0.05) is 42.5 Å². The summed E-state index contributed by atoms with van der Waals surface area (Å²) in [6.07, 6.45) is 0.998. The summed E-state index contributed by atoms with van der Waals surface area (Å²) in [6.45, 7) is 2.03. The van der Waals surface area contributed by atoms with Crippen LogP contribution in [0.25, 0.3) is 10.8 Å². The maximum atomic E-state index is 13.2. The van der Waals surface area contributed by atoms with Crippen LogP contribution < -0.4 is 10.1 Å². The molecule has 1 aliphatic heterocycles. The molecule has 0 bridgehead atoms. The number of nitrogens with one attached hydrogen (secondary N) is 1. The van der Waals surface area contributed by atoms with Crippen LogP contribution in [-0.2, 0) is 26.1 Å². The number of hydrogen-bond donors (Lipinski definition) is 1. The van der Waals surface area contributed by atoms with Gasteiger partial charge in [-0.25, -0.2) is 8.42 Å². The van der Waals surface area contributed by atoms with E-state index in [-0.39, 0.29) is 11.8 Å². The van der Waals surface area contributed by atoms with Crippen LogP contribution in [0.2, 0.25) is 0 Å². The predicted molar refractivity (Wildman–Crippen MR) is 131 cm³/mol. The van der Waals surface area contributed by atoms with Crippen molar-refractivity contribution in [3.63, 3.8) is 0 Å². The van der Waals surface area contributed by atoms with Gasteiger partial charge in [0.2, 0.25) is 15.9 Å². The first-order valence-corrected chi connectivity index (χ1v) is 12.9. The minimum atomic E-state index is -3.59. The molecule has 0 saturated carbocycles. The number of nitrogens with zero attached hydrogens (tertiary/aromatic N) is 1. The molecule has 0 unspecified atom stereocenters. The normalized spacial score (nSPS) is 15.3. The molecule has 3 aromatic carbocycles. The lowest BCUT2D eigenvalue weighted by Gasteiger charge is -2.30. The molecule has 8 heteroatoms. The monoisotopic (exact) mass is 482 g/mol. The average molecular weight is 483 g/mol. The number of carbonyl (C=O) groups excluding carboxylic acids is 1. The molecule has 1 heterocycles. The molecule has 1 aliphatic rings. The van der Waals surface area contributed by atoms with Gasteiger partial charge in [-0.3, -0.25) is 4.79 Å². The van der Waals surface area contributed by atoms with Crippen LogP contribution in [0.15, 0.2) is 71.6 Å². The Morgan fingerprint density at radius 3 is 2.50 bits per heavy atom. The van der Waals surface area contributed by atoms with E-state index in [0.717, 1.165) is 22.1 Å². The molecule has 1 N–H and O–H groups in total. The second-order valence-corrected chi connectivity index (χ2v) is 10.3. The first-order valence-electron chi connectivity index (χ1n) is 11.4. The summed E-state index contributed by atoms with van der Waals surface area (Å²) in [5, 5.41) is 4.88. The molecule has 1 amide bonds. The quantitative estimate of drug-likeness (QED) is 0.471. The highest BCUT2D eigenvalue weighted by Gasteiger charge is 2.32. The third-order valence-electron chi connectivity index (χ3n) is 6.10. The maximum Gasteiger partial charge on any atom is 0.243 e. The van der Waals surface area contributed by atoms with Gasteiger partial charge in [-0.05, 0) is 53.4 Å². The molecule has 0 aromatic heterocycles. The summed E-state index contributed by atoms with van der Waals surface area (Å²) < 4.78 is 38.4. The summed E-state index contributed by atoms with van der Waals surface area (Å²) in [7, 11) is -1.97. The van der Waals surface area contributed by atoms with E-state index in [2.05, 4.69) is 5.32 Å². The van der Waals surface area contributed by atoms with Gasteiger partial charge >= 0.3 is 0 Å². The van der Waals surface area contributed by atoms with E-state index in [9.17, 15) is 13.2 Å². The zero-order valence-electron chi connectivity index (χ0n) is 19.3. The summed E-state index contributed by atoms with van der Waals surface area (Å²) in [4.78, 5) is 13.0. The SMILES string of the molecule is COCCOc1cccc(CNC(=O)C2CCN(S(=O)(=O)c3ccc4ccccc4c3)CC2)c1. The second-order valence-electron chi connectivity index (χ2n) is 8.39. The molecule has 4 rings (SSSR count). The molecular formula is C26H30N2O5S. The lowest BCUT2D eigenvalue weighted by atomic mass is 9.97. The fraction of sp³-hybridized carbons (Fsp3) is 0.346. The number of rotatable bonds is 9. The molecule has 0 radical (unpaired) electrons. The highest BCUT2D eigenvalue weighted by molar-refractivity contribution is 7.89. The Balaban J connectivity index is 1.30. The van der Waals surface area contributed by atoms with Crippen molar-refractivity contribution in [1.82, 2.24) is 9.62 Å². The van der Waals surface area contributed by atoms with Crippen molar-refractivity contribution >= 4 is 26.7 Å². The van der Waals surface area contributed by atoms with Crippen molar-refractivity contribution < 1.29 is 22.7 Å². The Bertz CT molecular complexity index is 1240. The zero-order chi connectivity index (χ0) is 24.0. The predicted octanol–water partition coefficient (Wildman–Crippen LogP) is 3.58. The second kappa shape index (κ2) is 11.0. The van der Waals surface area contributed by atoms with Crippen LogP contribution in [0, 0.1) is 5.92 Å². The first kappa shape index (κ1) is 24.2. The Morgan fingerprint density at radius 1 is 0.971 bits per heavy atom. The van der Waals surface area contributed by atoms with E-state index in [0.29, 0.717) is 50.6 Å². The van der Waals surface area contributed by atoms with E-state index >= 15 is 0 Å². The van der Waals surface area contributed by atoms with Gasteiger partial charge in [0.05, 0.1) is 11.5 Å². The molecule has 3 aromatic rings. The number of piperidine rings is 1. The van der Waals surface area contributed by atoms with Gasteiger partial charge in [0.25, 0.3) is 0 Å². The van der Waals surface area contributed by atoms with Crippen LogP contribution in [-0.4, -0.2) is 52.0 Å². The highest BCUT2D eigenvalue weighted by Crippen LogP contribution is 2.26. The van der Waals surface area contributed by atoms with Crippen LogP contribution in [0.3, 0.4) is 0 Å². The maximum absolute atomic E-state index is 13.2. The van der Waals surface area contributed by atoms with Gasteiger partial charge < -0.3 is 14.8 Å². The highest BCUT2D eigenvalue weighted by atomic mass is 32.2. The number of sulfonamides is 1. The largest absolute Gasteiger partial charge is 0.491 e. The van der Waals surface area contributed by atoms with Gasteiger partial charge in [0.15, 0.2) is 0 Å². The Hall–Kier alpha value is -2.94. The van der Waals surface area contributed by atoms with E-state index in [4.69, 9.17) is 9.47 Å². The minimum absolute atomic E-state index is 0.0477. The minimum Gasteiger partial charge on any atom is -0.491 e. The average Bonchev–Trinajstić information content (AvgIpc) is 2.87. The summed E-state index contributed by atoms with van der Waals surface area (Å²) >= 11 is 0. The zero-order valence-corrected chi connectivity index (χ0v) is 20.1. The van der Waals surface area contributed by atoms with Gasteiger partial charge in [0, 0.05) is 32.7 Å². The number of fused-ring (bicyclic) bond motifs is 1. The van der Waals surface area contributed by atoms with Crippen molar-refractivity contribution in [2.24, 2.45) is 5.92 Å². The van der Waals surface area contributed by atoms with Gasteiger partial charge in [0.1, 0.15) is 12.4 Å². The van der Waals surface area contributed by atoms with Crippen molar-refractivity contribution in [1.29, 1.82) is 0 Å². The van der Waals surface area contributed by atoms with E-state index in [1.807, 2.05) is 54.6 Å². The third kappa shape index (κ3) is 5.75. The first-order chi connectivity index (χ1) is 16.5. The third-order valence-corrected chi connectivity index (χ3v) is 8.00. The molecule has 7 nitrogen and oxygen atoms in total.